The van der Waals surface area contributed by atoms with Crippen molar-refractivity contribution in [1.29, 1.82) is 0 Å². The van der Waals surface area contributed by atoms with E-state index in [2.05, 4.69) is 0 Å². The lowest BCUT2D eigenvalue weighted by Gasteiger charge is -2.07. The van der Waals surface area contributed by atoms with Gasteiger partial charge < -0.3 is 9.47 Å². The van der Waals surface area contributed by atoms with Crippen LogP contribution in [-0.2, 0) is 11.3 Å². The quantitative estimate of drug-likeness (QED) is 0.745. The minimum Gasteiger partial charge on any atom is -0.496 e. The van der Waals surface area contributed by atoms with Crippen LogP contribution in [-0.4, -0.2) is 19.5 Å². The van der Waals surface area contributed by atoms with Crippen molar-refractivity contribution in [2.45, 2.75) is 6.61 Å². The maximum absolute atomic E-state index is 12.0. The number of para-hydroxylation sites is 1. The number of Topliss-reactive ketones (excluding diaryl/α,β-unsaturated/α-hetero) is 1. The Balaban J connectivity index is 1.91. The van der Waals surface area contributed by atoms with Crippen LogP contribution in [0.25, 0.3) is 0 Å². The molecule has 0 aliphatic rings. The third-order valence-corrected chi connectivity index (χ3v) is 2.75. The largest absolute Gasteiger partial charge is 0.496 e. The van der Waals surface area contributed by atoms with Crippen LogP contribution in [0.5, 0.6) is 5.75 Å². The Kier molecular flexibility index (Phi) is 4.70. The average molecular weight is 256 g/mol. The first-order valence-electron chi connectivity index (χ1n) is 6.09. The molecule has 0 heterocycles. The van der Waals surface area contributed by atoms with Gasteiger partial charge in [0, 0.05) is 0 Å². The van der Waals surface area contributed by atoms with E-state index in [0.29, 0.717) is 17.9 Å². The summed E-state index contributed by atoms with van der Waals surface area (Å²) >= 11 is 0. The van der Waals surface area contributed by atoms with Crippen LogP contribution in [0.3, 0.4) is 0 Å². The van der Waals surface area contributed by atoms with Crippen molar-refractivity contribution >= 4 is 5.78 Å². The van der Waals surface area contributed by atoms with E-state index in [4.69, 9.17) is 9.47 Å². The highest BCUT2D eigenvalue weighted by atomic mass is 16.5. The van der Waals surface area contributed by atoms with Gasteiger partial charge >= 0.3 is 0 Å². The van der Waals surface area contributed by atoms with Gasteiger partial charge in [-0.15, -0.1) is 0 Å². The normalized spacial score (nSPS) is 10.2. The summed E-state index contributed by atoms with van der Waals surface area (Å²) in [6.07, 6.45) is 0. The zero-order valence-electron chi connectivity index (χ0n) is 10.8. The van der Waals surface area contributed by atoms with Crippen molar-refractivity contribution in [2.75, 3.05) is 13.7 Å². The molecule has 0 aromatic heterocycles. The molecule has 19 heavy (non-hydrogen) atoms. The molecule has 2 aromatic rings. The number of hydrogen-bond donors (Lipinski definition) is 0. The Morgan fingerprint density at radius 2 is 1.68 bits per heavy atom. The summed E-state index contributed by atoms with van der Waals surface area (Å²) in [5.41, 5.74) is 1.60. The molecule has 0 N–H and O–H groups in total. The van der Waals surface area contributed by atoms with E-state index in [0.717, 1.165) is 5.56 Å². The van der Waals surface area contributed by atoms with Gasteiger partial charge in [0.2, 0.25) is 0 Å². The van der Waals surface area contributed by atoms with E-state index >= 15 is 0 Å². The number of ether oxygens (including phenoxy) is 2. The zero-order chi connectivity index (χ0) is 13.5. The van der Waals surface area contributed by atoms with E-state index in [-0.39, 0.29) is 12.4 Å². The number of methoxy groups -OCH3 is 1. The van der Waals surface area contributed by atoms with Gasteiger partial charge in [0.1, 0.15) is 12.4 Å². The highest BCUT2D eigenvalue weighted by Gasteiger charge is 2.11. The van der Waals surface area contributed by atoms with Crippen molar-refractivity contribution < 1.29 is 14.3 Å². The molecular formula is C16H16O3. The smallest absolute Gasteiger partial charge is 0.192 e. The van der Waals surface area contributed by atoms with Gasteiger partial charge in [0.25, 0.3) is 0 Å². The van der Waals surface area contributed by atoms with Crippen molar-refractivity contribution in [3.8, 4) is 5.75 Å². The average Bonchev–Trinajstić information content (AvgIpc) is 2.48. The number of carbonyl (C=O) groups is 1. The number of rotatable bonds is 6. The molecule has 0 saturated heterocycles. The third-order valence-electron chi connectivity index (χ3n) is 2.75. The third kappa shape index (κ3) is 3.66. The van der Waals surface area contributed by atoms with Crippen molar-refractivity contribution in [2.24, 2.45) is 0 Å². The van der Waals surface area contributed by atoms with Crippen LogP contribution in [0.1, 0.15) is 15.9 Å². The Bertz CT molecular complexity index is 535. The molecule has 0 atom stereocenters. The molecule has 3 nitrogen and oxygen atoms in total. The molecule has 0 spiro atoms. The van der Waals surface area contributed by atoms with Gasteiger partial charge in [0.15, 0.2) is 5.78 Å². The molecular weight excluding hydrogens is 240 g/mol. The molecule has 2 rings (SSSR count). The Hall–Kier alpha value is -2.13. The summed E-state index contributed by atoms with van der Waals surface area (Å²) in [7, 11) is 1.55. The van der Waals surface area contributed by atoms with Crippen molar-refractivity contribution in [3.63, 3.8) is 0 Å². The van der Waals surface area contributed by atoms with E-state index in [1.807, 2.05) is 42.5 Å². The minimum absolute atomic E-state index is 0.0509. The summed E-state index contributed by atoms with van der Waals surface area (Å²) in [6.45, 7) is 0.483. The monoisotopic (exact) mass is 256 g/mol. The van der Waals surface area contributed by atoms with Crippen LogP contribution < -0.4 is 4.74 Å². The standard InChI is InChI=1S/C16H16O3/c1-18-16-10-6-5-9-14(16)15(17)12-19-11-13-7-3-2-4-8-13/h2-10H,11-12H2,1H3. The highest BCUT2D eigenvalue weighted by molar-refractivity contribution is 5.99. The van der Waals surface area contributed by atoms with Gasteiger partial charge in [-0.1, -0.05) is 42.5 Å². The summed E-state index contributed by atoms with van der Waals surface area (Å²) < 4.78 is 10.6. The van der Waals surface area contributed by atoms with Crippen LogP contribution in [0, 0.1) is 0 Å². The number of benzene rings is 2. The second kappa shape index (κ2) is 6.71. The molecule has 0 radical (unpaired) electrons. The molecule has 2 aromatic carbocycles. The lowest BCUT2D eigenvalue weighted by Crippen LogP contribution is -2.10. The second-order valence-corrected chi connectivity index (χ2v) is 4.10. The van der Waals surface area contributed by atoms with Crippen molar-refractivity contribution in [3.05, 3.63) is 65.7 Å². The first-order valence-corrected chi connectivity index (χ1v) is 6.09. The highest BCUT2D eigenvalue weighted by Crippen LogP contribution is 2.17. The van der Waals surface area contributed by atoms with E-state index in [9.17, 15) is 4.79 Å². The van der Waals surface area contributed by atoms with E-state index in [1.165, 1.54) is 0 Å². The molecule has 98 valence electrons. The molecule has 3 heteroatoms. The summed E-state index contributed by atoms with van der Waals surface area (Å²) in [6, 6.07) is 16.9. The maximum Gasteiger partial charge on any atom is 0.192 e. The molecule has 0 saturated carbocycles. The fraction of sp³-hybridized carbons (Fsp3) is 0.188. The van der Waals surface area contributed by atoms with Gasteiger partial charge in [0.05, 0.1) is 19.3 Å². The molecule has 0 aliphatic carbocycles. The van der Waals surface area contributed by atoms with E-state index < -0.39 is 0 Å². The Labute approximate surface area is 112 Å². The molecule has 0 bridgehead atoms. The fourth-order valence-electron chi connectivity index (χ4n) is 1.79. The number of ketones is 1. The predicted octanol–water partition coefficient (Wildman–Crippen LogP) is 3.09. The lowest BCUT2D eigenvalue weighted by atomic mass is 10.1. The van der Waals surface area contributed by atoms with Crippen LogP contribution >= 0.6 is 0 Å². The first-order chi connectivity index (χ1) is 9.31. The predicted molar refractivity (Wildman–Crippen MR) is 73.4 cm³/mol. The van der Waals surface area contributed by atoms with Gasteiger partial charge in [-0.05, 0) is 17.7 Å². The van der Waals surface area contributed by atoms with Crippen molar-refractivity contribution in [1.82, 2.24) is 0 Å². The Morgan fingerprint density at radius 3 is 2.42 bits per heavy atom. The van der Waals surface area contributed by atoms with Crippen LogP contribution in [0.2, 0.25) is 0 Å². The fourth-order valence-corrected chi connectivity index (χ4v) is 1.79. The molecule has 0 fully saturated rings. The van der Waals surface area contributed by atoms with E-state index in [1.54, 1.807) is 19.2 Å². The SMILES string of the molecule is COc1ccccc1C(=O)COCc1ccccc1. The number of hydrogen-bond acceptors (Lipinski definition) is 3. The minimum atomic E-state index is -0.0756. The van der Waals surface area contributed by atoms with Crippen LogP contribution in [0.15, 0.2) is 54.6 Å². The summed E-state index contributed by atoms with van der Waals surface area (Å²) in [5.74, 6) is 0.504. The molecule has 0 aliphatic heterocycles. The van der Waals surface area contributed by atoms with Gasteiger partial charge in [-0.25, -0.2) is 0 Å². The van der Waals surface area contributed by atoms with Gasteiger partial charge in [-0.2, -0.15) is 0 Å². The number of carbonyl (C=O) groups excluding carboxylic acids is 1. The van der Waals surface area contributed by atoms with Crippen LogP contribution in [0.4, 0.5) is 0 Å². The Morgan fingerprint density at radius 1 is 1.00 bits per heavy atom. The first kappa shape index (κ1) is 13.3. The second-order valence-electron chi connectivity index (χ2n) is 4.10. The molecule has 0 amide bonds. The summed E-state index contributed by atoms with van der Waals surface area (Å²) in [5, 5.41) is 0. The molecule has 0 unspecified atom stereocenters. The summed E-state index contributed by atoms with van der Waals surface area (Å²) in [4.78, 5) is 12.0. The zero-order valence-corrected chi connectivity index (χ0v) is 10.8. The van der Waals surface area contributed by atoms with Gasteiger partial charge in [-0.3, -0.25) is 4.79 Å². The lowest BCUT2D eigenvalue weighted by molar-refractivity contribution is 0.0724. The maximum atomic E-state index is 12.0. The topological polar surface area (TPSA) is 35.5 Å².